The van der Waals surface area contributed by atoms with Gasteiger partial charge < -0.3 is 7.43 Å². The standard InChI is InChI=1S/CH3.2CH.5V.2W/h1H3;2*1H;;;;;;;/q3*-1;;;;;;;. The zero-order valence-electron chi connectivity index (χ0n) is 5.21. The number of rotatable bonds is 0. The maximum atomic E-state index is 4.44. The quantitative estimate of drug-likeness (QED) is 0.324. The molecule has 1 radical (unpaired) electrons. The van der Waals surface area contributed by atoms with Crippen molar-refractivity contribution >= 4 is 10.5 Å². The van der Waals surface area contributed by atoms with E-state index in [0.29, 0.717) is 0 Å². The van der Waals surface area contributed by atoms with Gasteiger partial charge in [-0.15, -0.1) is 0 Å². The fourth-order valence-electron chi connectivity index (χ4n) is 0. The Bertz CT molecular complexity index is 19.6. The minimum absolute atomic E-state index is 0. The SMILES string of the molecule is [CH-]=[V].[CH-]=[V].[CH3-].[V].[V]=[V].[W].[W]. The maximum absolute atomic E-state index is 4.44. The van der Waals surface area contributed by atoms with Crippen LogP contribution >= 0.6 is 0 Å². The van der Waals surface area contributed by atoms with Crippen LogP contribution in [0.1, 0.15) is 0 Å². The van der Waals surface area contributed by atoms with Gasteiger partial charge in [0.25, 0.3) is 0 Å². The molecule has 0 heterocycles. The minimum Gasteiger partial charge on any atom is 0 e. The van der Waals surface area contributed by atoms with Crippen LogP contribution in [0.2, 0.25) is 0 Å². The Balaban J connectivity index is -0.00000000225. The van der Waals surface area contributed by atoms with Crippen LogP contribution in [0.15, 0.2) is 0 Å². The van der Waals surface area contributed by atoms with Crippen LogP contribution in [0, 0.1) is 7.43 Å². The van der Waals surface area contributed by atoms with Crippen LogP contribution < -0.4 is 0 Å². The molecule has 0 saturated heterocycles. The summed E-state index contributed by atoms with van der Waals surface area (Å²) in [5, 5.41) is 8.88. The first kappa shape index (κ1) is 48.2. The van der Waals surface area contributed by atoms with Crippen LogP contribution in [0.5, 0.6) is 0 Å². The molecule has 0 fully saturated rings. The monoisotopic (exact) mass is 664 g/mol. The second-order valence-electron chi connectivity index (χ2n) is 0. The first-order chi connectivity index (χ1) is 3.00. The maximum Gasteiger partial charge on any atom is 0 e. The van der Waals surface area contributed by atoms with E-state index in [1.807, 2.05) is 34.0 Å². The van der Waals surface area contributed by atoms with E-state index in [1.165, 1.54) is 0 Å². The van der Waals surface area contributed by atoms with Gasteiger partial charge in [-0.25, -0.2) is 0 Å². The predicted molar refractivity (Wildman–Crippen MR) is 18.5 cm³/mol. The van der Waals surface area contributed by atoms with E-state index >= 15 is 0 Å². The van der Waals surface area contributed by atoms with E-state index in [0.717, 1.165) is 0 Å². The van der Waals surface area contributed by atoms with E-state index in [-0.39, 0.29) is 68.1 Å². The van der Waals surface area contributed by atoms with Crippen molar-refractivity contribution in [1.82, 2.24) is 0 Å². The molecule has 57 valence electrons. The Labute approximate surface area is 139 Å². The van der Waals surface area contributed by atoms with Crippen molar-refractivity contribution in [2.24, 2.45) is 0 Å². The van der Waals surface area contributed by atoms with E-state index in [4.69, 9.17) is 0 Å². The van der Waals surface area contributed by atoms with Gasteiger partial charge in [0.05, 0.1) is 0 Å². The summed E-state index contributed by atoms with van der Waals surface area (Å²) in [6.07, 6.45) is 0. The molecular formula is C3H5V5W2-3. The van der Waals surface area contributed by atoms with Crippen LogP contribution in [0.3, 0.4) is 0 Å². The fraction of sp³-hybridized carbons (Fsp3) is 0. The second kappa shape index (κ2) is 116. The summed E-state index contributed by atoms with van der Waals surface area (Å²) in [7, 11) is 0. The first-order valence-corrected chi connectivity index (χ1v) is 5.53. The second-order valence-corrected chi connectivity index (χ2v) is 0. The molecule has 0 amide bonds. The summed E-state index contributed by atoms with van der Waals surface area (Å²) in [6.45, 7) is 0. The molecule has 0 rings (SSSR count). The third-order valence-corrected chi connectivity index (χ3v) is 0. The molecule has 0 aromatic heterocycles. The normalized spacial score (nSPS) is 0.800. The average molecular weight is 663 g/mol. The minimum atomic E-state index is 0. The Kier molecular flexibility index (Phi) is 558. The smallest absolute Gasteiger partial charge is 0 e. The molecule has 0 atom stereocenters. The van der Waals surface area contributed by atoms with Gasteiger partial charge in [-0.1, -0.05) is 0 Å². The molecule has 0 spiro atoms. The summed E-state index contributed by atoms with van der Waals surface area (Å²) >= 11 is 8.12. The first-order valence-electron chi connectivity index (χ1n) is 0.716. The van der Waals surface area contributed by atoms with E-state index < -0.39 is 0 Å². The predicted octanol–water partition coefficient (Wildman–Crippen LogP) is 0.122. The van der Waals surface area contributed by atoms with Gasteiger partial charge in [-0.3, -0.25) is 0 Å². The van der Waals surface area contributed by atoms with E-state index in [2.05, 4.69) is 39.7 Å². The molecule has 0 aliphatic rings. The molecule has 0 aromatic rings. The third kappa shape index (κ3) is 89.9. The molecule has 0 bridgehead atoms. The van der Waals surface area contributed by atoms with Crippen LogP contribution in [-0.2, 0) is 124 Å². The van der Waals surface area contributed by atoms with E-state index in [9.17, 15) is 0 Å². The van der Waals surface area contributed by atoms with Crippen molar-refractivity contribution in [2.45, 2.75) is 0 Å². The molecule has 0 unspecified atom stereocenters. The van der Waals surface area contributed by atoms with Crippen molar-refractivity contribution in [1.29, 1.82) is 0 Å². The molecule has 0 saturated carbocycles. The Morgan fingerprint density at radius 2 is 0.700 bits per heavy atom. The van der Waals surface area contributed by atoms with E-state index in [1.54, 1.807) is 0 Å². The molecule has 0 N–H and O–H groups in total. The molecule has 0 aliphatic heterocycles. The van der Waals surface area contributed by atoms with Crippen LogP contribution in [-0.4, -0.2) is 10.5 Å². The van der Waals surface area contributed by atoms with Gasteiger partial charge in [0.15, 0.2) is 0 Å². The molecule has 0 aromatic carbocycles. The van der Waals surface area contributed by atoms with Gasteiger partial charge >= 0.3 is 73.7 Å². The molecular weight excluding hydrogens is 658 g/mol. The van der Waals surface area contributed by atoms with Gasteiger partial charge in [0, 0.05) is 60.7 Å². The zero-order chi connectivity index (χ0) is 6.00. The molecule has 0 aliphatic carbocycles. The van der Waals surface area contributed by atoms with Crippen molar-refractivity contribution in [3.05, 3.63) is 7.43 Å². The zero-order valence-corrected chi connectivity index (χ0v) is 18.1. The van der Waals surface area contributed by atoms with Gasteiger partial charge in [0.2, 0.25) is 0 Å². The van der Waals surface area contributed by atoms with Crippen molar-refractivity contribution < 1.29 is 124 Å². The molecule has 7 heteroatoms. The summed E-state index contributed by atoms with van der Waals surface area (Å²) in [6, 6.07) is 0. The Hall–Kier alpha value is 4.04. The molecule has 0 nitrogen and oxygen atoms in total. The summed E-state index contributed by atoms with van der Waals surface area (Å²) in [5.74, 6) is 0. The Morgan fingerprint density at radius 3 is 0.700 bits per heavy atom. The number of hydrogen-bond donors (Lipinski definition) is 0. The Morgan fingerprint density at radius 1 is 0.700 bits per heavy atom. The summed E-state index contributed by atoms with van der Waals surface area (Å²) in [5.41, 5.74) is 0. The third-order valence-electron chi connectivity index (χ3n) is 0. The van der Waals surface area contributed by atoms with Gasteiger partial charge in [0.1, 0.15) is 0 Å². The average Bonchev–Trinajstić information content (AvgIpc) is 1.81. The molecule has 10 heavy (non-hydrogen) atoms. The van der Waals surface area contributed by atoms with Crippen molar-refractivity contribution in [2.75, 3.05) is 0 Å². The fourth-order valence-corrected chi connectivity index (χ4v) is 0. The largest absolute Gasteiger partial charge is 0 e. The topological polar surface area (TPSA) is 0 Å². The van der Waals surface area contributed by atoms with Crippen molar-refractivity contribution in [3.8, 4) is 0 Å². The van der Waals surface area contributed by atoms with Gasteiger partial charge in [-0.2, -0.15) is 0 Å². The van der Waals surface area contributed by atoms with Crippen LogP contribution in [0.25, 0.3) is 0 Å². The summed E-state index contributed by atoms with van der Waals surface area (Å²) in [4.78, 5) is 0. The van der Waals surface area contributed by atoms with Gasteiger partial charge in [-0.05, 0) is 0 Å². The van der Waals surface area contributed by atoms with Crippen molar-refractivity contribution in [3.63, 3.8) is 0 Å². The number of hydrogen-bond acceptors (Lipinski definition) is 0. The van der Waals surface area contributed by atoms with Crippen LogP contribution in [0.4, 0.5) is 0 Å². The summed E-state index contributed by atoms with van der Waals surface area (Å²) < 4.78 is 0.